The zero-order valence-corrected chi connectivity index (χ0v) is 11.4. The van der Waals surface area contributed by atoms with Crippen LogP contribution in [0.5, 0.6) is 0 Å². The highest BCUT2D eigenvalue weighted by Crippen LogP contribution is 2.18. The van der Waals surface area contributed by atoms with Crippen molar-refractivity contribution in [1.29, 1.82) is 0 Å². The van der Waals surface area contributed by atoms with Gasteiger partial charge in [-0.05, 0) is 19.8 Å². The molecule has 5 heteroatoms. The molecule has 102 valence electrons. The van der Waals surface area contributed by atoms with Gasteiger partial charge in [0.1, 0.15) is 6.61 Å². The minimum Gasteiger partial charge on any atom is -0.481 e. The molecule has 1 saturated heterocycles. The maximum atomic E-state index is 10.4. The predicted molar refractivity (Wildman–Crippen MR) is 64.9 cm³/mol. The number of esters is 1. The van der Waals surface area contributed by atoms with Crippen LogP contribution in [-0.2, 0) is 19.1 Å². The van der Waals surface area contributed by atoms with Crippen LogP contribution >= 0.6 is 0 Å². The molecule has 1 rings (SSSR count). The highest BCUT2D eigenvalue weighted by molar-refractivity contribution is 5.65. The number of aliphatic carboxylic acids is 1. The number of hydrogen-bond acceptors (Lipinski definition) is 4. The van der Waals surface area contributed by atoms with Crippen LogP contribution < -0.4 is 0 Å². The van der Waals surface area contributed by atoms with Gasteiger partial charge in [-0.2, -0.15) is 0 Å². The second-order valence-electron chi connectivity index (χ2n) is 3.47. The first-order chi connectivity index (χ1) is 7.91. The van der Waals surface area contributed by atoms with Crippen LogP contribution in [0.3, 0.4) is 0 Å². The molecule has 0 amide bonds. The summed E-state index contributed by atoms with van der Waals surface area (Å²) in [5, 5.41) is 7.42. The maximum absolute atomic E-state index is 10.4. The lowest BCUT2D eigenvalue weighted by molar-refractivity contribution is -0.144. The lowest BCUT2D eigenvalue weighted by atomic mass is 10.2. The lowest BCUT2D eigenvalue weighted by Crippen LogP contribution is -2.17. The maximum Gasteiger partial charge on any atom is 0.302 e. The number of hydrogen-bond donors (Lipinski definition) is 1. The van der Waals surface area contributed by atoms with Crippen molar-refractivity contribution in [3.63, 3.8) is 0 Å². The minimum atomic E-state index is -0.833. The molecule has 1 aliphatic rings. The molecule has 0 radical (unpaired) electrons. The number of carbonyl (C=O) groups is 2. The Kier molecular flexibility index (Phi) is 12.2. The highest BCUT2D eigenvalue weighted by atomic mass is 16.6. The average molecular weight is 248 g/mol. The van der Waals surface area contributed by atoms with Gasteiger partial charge in [-0.15, -0.1) is 0 Å². The molecule has 1 fully saturated rings. The van der Waals surface area contributed by atoms with Crippen LogP contribution in [0.15, 0.2) is 0 Å². The molecule has 0 bridgehead atoms. The molecule has 1 aliphatic heterocycles. The summed E-state index contributed by atoms with van der Waals surface area (Å²) in [7, 11) is 0. The largest absolute Gasteiger partial charge is 0.481 e. The predicted octanol–water partition coefficient (Wildman–Crippen LogP) is 2.23. The number of carboxylic acids is 1. The summed E-state index contributed by atoms with van der Waals surface area (Å²) in [6, 6.07) is 0. The van der Waals surface area contributed by atoms with Gasteiger partial charge in [0, 0.05) is 13.8 Å². The molecule has 0 aromatic rings. The summed E-state index contributed by atoms with van der Waals surface area (Å²) in [5.74, 6) is -1.06. The van der Waals surface area contributed by atoms with Crippen molar-refractivity contribution in [2.45, 2.75) is 59.7 Å². The van der Waals surface area contributed by atoms with E-state index in [0.717, 1.165) is 19.8 Å². The van der Waals surface area contributed by atoms with Crippen molar-refractivity contribution < 1.29 is 24.2 Å². The Bertz CT molecular complexity index is 211. The monoisotopic (exact) mass is 248 g/mol. The zero-order valence-electron chi connectivity index (χ0n) is 11.4. The summed E-state index contributed by atoms with van der Waals surface area (Å²) in [6.07, 6.45) is 2.55. The summed E-state index contributed by atoms with van der Waals surface area (Å²) < 4.78 is 10.2. The van der Waals surface area contributed by atoms with E-state index in [4.69, 9.17) is 19.4 Å². The van der Waals surface area contributed by atoms with Crippen LogP contribution in [0.2, 0.25) is 0 Å². The molecule has 2 atom stereocenters. The van der Waals surface area contributed by atoms with E-state index in [1.54, 1.807) is 0 Å². The van der Waals surface area contributed by atoms with Gasteiger partial charge in [-0.3, -0.25) is 9.59 Å². The normalized spacial score (nSPS) is 21.5. The standard InChI is InChI=1S/C8H14O3.C2H4O2.C2H6/c1-6-3-4-8(11-6)5-10-7(2)9;1-2(3)4;1-2/h6,8H,3-5H2,1-2H3;1H3,(H,3,4);1-2H3. The van der Waals surface area contributed by atoms with E-state index in [-0.39, 0.29) is 12.1 Å². The van der Waals surface area contributed by atoms with Gasteiger partial charge in [0.2, 0.25) is 0 Å². The number of carbonyl (C=O) groups excluding carboxylic acids is 1. The van der Waals surface area contributed by atoms with Gasteiger partial charge >= 0.3 is 5.97 Å². The topological polar surface area (TPSA) is 72.8 Å². The Labute approximate surface area is 103 Å². The molecule has 0 saturated carbocycles. The van der Waals surface area contributed by atoms with Crippen molar-refractivity contribution in [3.05, 3.63) is 0 Å². The SMILES string of the molecule is CC.CC(=O)O.CC(=O)OCC1CCC(C)O1. The molecular weight excluding hydrogens is 224 g/mol. The Morgan fingerprint density at radius 3 is 2.06 bits per heavy atom. The van der Waals surface area contributed by atoms with Gasteiger partial charge in [-0.1, -0.05) is 13.8 Å². The average Bonchev–Trinajstić information content (AvgIpc) is 2.63. The number of ether oxygens (including phenoxy) is 2. The van der Waals surface area contributed by atoms with Crippen LogP contribution in [0.1, 0.15) is 47.5 Å². The first-order valence-electron chi connectivity index (χ1n) is 5.90. The Balaban J connectivity index is 0. The third kappa shape index (κ3) is 14.9. The van der Waals surface area contributed by atoms with E-state index in [1.807, 2.05) is 20.8 Å². The fourth-order valence-electron chi connectivity index (χ4n) is 1.22. The Morgan fingerprint density at radius 1 is 1.29 bits per heavy atom. The second kappa shape index (κ2) is 11.4. The molecule has 0 spiro atoms. The minimum absolute atomic E-state index is 0.133. The molecule has 0 aliphatic carbocycles. The van der Waals surface area contributed by atoms with Crippen molar-refractivity contribution in [1.82, 2.24) is 0 Å². The number of rotatable bonds is 2. The lowest BCUT2D eigenvalue weighted by Gasteiger charge is -2.09. The molecule has 1 heterocycles. The van der Waals surface area contributed by atoms with Crippen LogP contribution in [0.25, 0.3) is 0 Å². The second-order valence-corrected chi connectivity index (χ2v) is 3.47. The summed E-state index contributed by atoms with van der Waals surface area (Å²) >= 11 is 0. The molecular formula is C12H24O5. The van der Waals surface area contributed by atoms with E-state index < -0.39 is 5.97 Å². The Morgan fingerprint density at radius 2 is 1.76 bits per heavy atom. The molecule has 17 heavy (non-hydrogen) atoms. The Hall–Kier alpha value is -1.10. The van der Waals surface area contributed by atoms with Gasteiger partial charge in [-0.25, -0.2) is 0 Å². The molecule has 5 nitrogen and oxygen atoms in total. The van der Waals surface area contributed by atoms with E-state index in [9.17, 15) is 4.79 Å². The molecule has 0 aromatic carbocycles. The van der Waals surface area contributed by atoms with Crippen molar-refractivity contribution in [2.24, 2.45) is 0 Å². The fraction of sp³-hybridized carbons (Fsp3) is 0.833. The highest BCUT2D eigenvalue weighted by Gasteiger charge is 2.22. The van der Waals surface area contributed by atoms with Gasteiger partial charge in [0.05, 0.1) is 12.2 Å². The van der Waals surface area contributed by atoms with E-state index in [2.05, 4.69) is 0 Å². The first kappa shape index (κ1) is 18.3. The van der Waals surface area contributed by atoms with E-state index in [0.29, 0.717) is 12.7 Å². The summed E-state index contributed by atoms with van der Waals surface area (Å²) in [4.78, 5) is 19.4. The molecule has 1 N–H and O–H groups in total. The first-order valence-corrected chi connectivity index (χ1v) is 5.90. The smallest absolute Gasteiger partial charge is 0.302 e. The zero-order chi connectivity index (χ0) is 13.8. The van der Waals surface area contributed by atoms with Crippen LogP contribution in [0.4, 0.5) is 0 Å². The van der Waals surface area contributed by atoms with Crippen molar-refractivity contribution in [2.75, 3.05) is 6.61 Å². The van der Waals surface area contributed by atoms with Crippen molar-refractivity contribution >= 4 is 11.9 Å². The fourth-order valence-corrected chi connectivity index (χ4v) is 1.22. The van der Waals surface area contributed by atoms with Crippen LogP contribution in [0, 0.1) is 0 Å². The van der Waals surface area contributed by atoms with Crippen molar-refractivity contribution in [3.8, 4) is 0 Å². The third-order valence-electron chi connectivity index (χ3n) is 1.79. The molecule has 0 aromatic heterocycles. The van der Waals surface area contributed by atoms with Crippen LogP contribution in [-0.4, -0.2) is 35.9 Å². The summed E-state index contributed by atoms with van der Waals surface area (Å²) in [6.45, 7) is 8.95. The summed E-state index contributed by atoms with van der Waals surface area (Å²) in [5.41, 5.74) is 0. The quantitative estimate of drug-likeness (QED) is 0.759. The van der Waals surface area contributed by atoms with E-state index in [1.165, 1.54) is 6.92 Å². The van der Waals surface area contributed by atoms with Gasteiger partial charge in [0.15, 0.2) is 0 Å². The van der Waals surface area contributed by atoms with E-state index >= 15 is 0 Å². The van der Waals surface area contributed by atoms with Gasteiger partial charge in [0.25, 0.3) is 5.97 Å². The molecule has 2 unspecified atom stereocenters. The third-order valence-corrected chi connectivity index (χ3v) is 1.79. The van der Waals surface area contributed by atoms with Gasteiger partial charge < -0.3 is 14.6 Å². The number of carboxylic acid groups (broad SMARTS) is 1.